The van der Waals surface area contributed by atoms with Crippen LogP contribution in [0.25, 0.3) is 83.2 Å². The maximum atomic E-state index is 8.16. The van der Waals surface area contributed by atoms with Gasteiger partial charge < -0.3 is 8.83 Å². The lowest BCUT2D eigenvalue weighted by atomic mass is 9.88. The molecule has 4 aromatic carbocycles. The molecule has 0 radical (unpaired) electrons. The first-order valence-corrected chi connectivity index (χ1v) is 16.5. The molecule has 0 aliphatic carbocycles. The number of rotatable bonds is 5. The zero-order valence-corrected chi connectivity index (χ0v) is 27.5. The smallest absolute Gasteiger partial charge is 0.165 e. The quantitative estimate of drug-likeness (QED) is 0.186. The molecule has 0 N–H and O–H groups in total. The van der Waals surface area contributed by atoms with E-state index in [9.17, 15) is 0 Å². The number of fused-ring (bicyclic) bond motifs is 8. The summed E-state index contributed by atoms with van der Waals surface area (Å²) in [5, 5.41) is 1.43. The number of aromatic nitrogens is 4. The maximum absolute atomic E-state index is 8.16. The standard InChI is InChI=1S/C43H36N4O2/c1-23(2)31-20-28(27-13-8-7-9-14-27)21-32(24(3)4)39(31)47-35-18-11-10-17-34(35)46-43(47)30-16-12-15-29-38-42(49-41(29)30)37-33-19-25(5)45-26(6)40(33)48-36(37)22-44-38/h7-24H,1-6H3/i5D3,6D3. The molecule has 5 heterocycles. The third-order valence-corrected chi connectivity index (χ3v) is 9.47. The number of imidazole rings is 1. The van der Waals surface area contributed by atoms with E-state index < -0.39 is 19.4 Å². The lowest BCUT2D eigenvalue weighted by molar-refractivity contribution is 0.656. The average Bonchev–Trinajstić information content (AvgIpc) is 3.84. The summed E-state index contributed by atoms with van der Waals surface area (Å²) < 4.78 is 63.8. The van der Waals surface area contributed by atoms with Gasteiger partial charge in [-0.15, -0.1) is 0 Å². The molecule has 0 saturated carbocycles. The van der Waals surface area contributed by atoms with Gasteiger partial charge in [-0.3, -0.25) is 9.55 Å². The summed E-state index contributed by atoms with van der Waals surface area (Å²) in [5.74, 6) is 1.04. The Hall–Kier alpha value is -5.75. The molecule has 0 bridgehead atoms. The van der Waals surface area contributed by atoms with Crippen LogP contribution in [0.5, 0.6) is 0 Å². The number of para-hydroxylation sites is 3. The van der Waals surface area contributed by atoms with Crippen molar-refractivity contribution in [1.82, 2.24) is 19.5 Å². The molecule has 0 atom stereocenters. The Bertz CT molecular complexity index is 2940. The van der Waals surface area contributed by atoms with Crippen molar-refractivity contribution >= 4 is 55.0 Å². The van der Waals surface area contributed by atoms with Crippen LogP contribution in [-0.4, -0.2) is 19.5 Å². The maximum Gasteiger partial charge on any atom is 0.165 e. The van der Waals surface area contributed by atoms with Crippen molar-refractivity contribution in [1.29, 1.82) is 0 Å². The van der Waals surface area contributed by atoms with E-state index in [0.29, 0.717) is 27.9 Å². The second kappa shape index (κ2) is 10.9. The Balaban J connectivity index is 1.37. The highest BCUT2D eigenvalue weighted by atomic mass is 16.3. The first kappa shape index (κ1) is 23.6. The summed E-state index contributed by atoms with van der Waals surface area (Å²) in [5.41, 5.74) is 9.12. The molecule has 0 fully saturated rings. The topological polar surface area (TPSA) is 69.9 Å². The second-order valence-corrected chi connectivity index (χ2v) is 13.2. The average molecular weight is 647 g/mol. The third kappa shape index (κ3) is 4.43. The molecule has 0 spiro atoms. The van der Waals surface area contributed by atoms with Crippen LogP contribution in [0.15, 0.2) is 106 Å². The third-order valence-electron chi connectivity index (χ3n) is 9.47. The molecule has 0 aliphatic rings. The fourth-order valence-corrected chi connectivity index (χ4v) is 7.19. The monoisotopic (exact) mass is 646 g/mol. The van der Waals surface area contributed by atoms with E-state index in [1.807, 2.05) is 42.5 Å². The first-order valence-electron chi connectivity index (χ1n) is 19.5. The summed E-state index contributed by atoms with van der Waals surface area (Å²) in [4.78, 5) is 14.1. The Kier molecular flexibility index (Phi) is 5.24. The summed E-state index contributed by atoms with van der Waals surface area (Å²) in [6.45, 7) is 3.47. The molecule has 9 rings (SSSR count). The van der Waals surface area contributed by atoms with Crippen LogP contribution in [0.1, 0.15) is 70.3 Å². The molecule has 49 heavy (non-hydrogen) atoms. The molecule has 0 unspecified atom stereocenters. The van der Waals surface area contributed by atoms with Crippen molar-refractivity contribution in [3.8, 4) is 28.2 Å². The predicted octanol–water partition coefficient (Wildman–Crippen LogP) is 11.8. The molecular formula is C43H36N4O2. The van der Waals surface area contributed by atoms with Crippen LogP contribution < -0.4 is 0 Å². The minimum atomic E-state index is -2.73. The van der Waals surface area contributed by atoms with Gasteiger partial charge in [0.05, 0.1) is 39.6 Å². The van der Waals surface area contributed by atoms with Crippen LogP contribution in [-0.2, 0) is 0 Å². The fraction of sp³-hybridized carbons (Fsp3) is 0.186. The number of pyridine rings is 2. The molecule has 240 valence electrons. The normalized spacial score (nSPS) is 14.6. The van der Waals surface area contributed by atoms with E-state index in [-0.39, 0.29) is 34.1 Å². The van der Waals surface area contributed by atoms with Gasteiger partial charge in [0, 0.05) is 24.7 Å². The summed E-state index contributed by atoms with van der Waals surface area (Å²) in [6.07, 6.45) is 1.52. The zero-order chi connectivity index (χ0) is 38.6. The van der Waals surface area contributed by atoms with E-state index in [1.54, 1.807) is 0 Å². The predicted molar refractivity (Wildman–Crippen MR) is 200 cm³/mol. The number of hydrogen-bond acceptors (Lipinski definition) is 5. The van der Waals surface area contributed by atoms with E-state index >= 15 is 0 Å². The van der Waals surface area contributed by atoms with Crippen molar-refractivity contribution in [3.05, 3.63) is 120 Å². The van der Waals surface area contributed by atoms with Gasteiger partial charge in [0.1, 0.15) is 16.9 Å². The van der Waals surface area contributed by atoms with Crippen LogP contribution >= 0.6 is 0 Å². The van der Waals surface area contributed by atoms with Crippen LogP contribution in [0.4, 0.5) is 0 Å². The van der Waals surface area contributed by atoms with Crippen LogP contribution in [0, 0.1) is 13.7 Å². The fourth-order valence-electron chi connectivity index (χ4n) is 7.19. The van der Waals surface area contributed by atoms with E-state index in [1.165, 1.54) is 23.4 Å². The van der Waals surface area contributed by atoms with Gasteiger partial charge >= 0.3 is 0 Å². The summed E-state index contributed by atoms with van der Waals surface area (Å²) >= 11 is 0. The molecule has 5 aromatic heterocycles. The van der Waals surface area contributed by atoms with Gasteiger partial charge in [-0.25, -0.2) is 9.97 Å². The van der Waals surface area contributed by atoms with E-state index in [4.69, 9.17) is 27.0 Å². The Labute approximate surface area is 292 Å². The molecule has 6 nitrogen and oxygen atoms in total. The van der Waals surface area contributed by atoms with E-state index in [2.05, 4.69) is 79.7 Å². The summed E-state index contributed by atoms with van der Waals surface area (Å²) in [7, 11) is 0. The lowest BCUT2D eigenvalue weighted by Crippen LogP contribution is -2.09. The van der Waals surface area contributed by atoms with Crippen LogP contribution in [0.3, 0.4) is 0 Å². The first-order chi connectivity index (χ1) is 26.2. The number of hydrogen-bond donors (Lipinski definition) is 0. The highest BCUT2D eigenvalue weighted by molar-refractivity contribution is 6.21. The SMILES string of the molecule is [2H]C([2H])([2H])c1cc2c(oc3cnc4c5cccc(-c6nc7ccccc7n6-c6c(C(C)C)cc(-c7ccccc7)cc6C(C)C)c5oc4c32)c(C([2H])([2H])[2H])n1. The lowest BCUT2D eigenvalue weighted by Gasteiger charge is -2.24. The molecule has 0 aliphatic heterocycles. The van der Waals surface area contributed by atoms with Gasteiger partial charge in [0.15, 0.2) is 16.7 Å². The number of benzene rings is 4. The minimum Gasteiger partial charge on any atom is -0.453 e. The molecule has 6 heteroatoms. The summed E-state index contributed by atoms with van der Waals surface area (Å²) in [6, 6.07) is 30.4. The van der Waals surface area contributed by atoms with Crippen molar-refractivity contribution in [2.75, 3.05) is 0 Å². The van der Waals surface area contributed by atoms with Gasteiger partial charge in [0.25, 0.3) is 0 Å². The van der Waals surface area contributed by atoms with Gasteiger partial charge in [-0.05, 0) is 90.3 Å². The van der Waals surface area contributed by atoms with Crippen molar-refractivity contribution in [2.24, 2.45) is 0 Å². The van der Waals surface area contributed by atoms with Gasteiger partial charge in [0.2, 0.25) is 0 Å². The van der Waals surface area contributed by atoms with Crippen molar-refractivity contribution in [3.63, 3.8) is 0 Å². The van der Waals surface area contributed by atoms with Crippen molar-refractivity contribution in [2.45, 2.75) is 53.2 Å². The second-order valence-electron chi connectivity index (χ2n) is 13.2. The Morgan fingerprint density at radius 1 is 0.694 bits per heavy atom. The minimum absolute atomic E-state index is 0.0267. The van der Waals surface area contributed by atoms with Gasteiger partial charge in [-0.2, -0.15) is 0 Å². The van der Waals surface area contributed by atoms with Gasteiger partial charge in [-0.1, -0.05) is 76.2 Å². The Morgan fingerprint density at radius 2 is 1.47 bits per heavy atom. The van der Waals surface area contributed by atoms with Crippen molar-refractivity contribution < 1.29 is 17.1 Å². The molecule has 0 saturated heterocycles. The largest absolute Gasteiger partial charge is 0.453 e. The zero-order valence-electron chi connectivity index (χ0n) is 33.5. The highest BCUT2D eigenvalue weighted by Gasteiger charge is 2.26. The molecular weight excluding hydrogens is 604 g/mol. The number of furan rings is 2. The molecule has 0 amide bonds. The molecule has 9 aromatic rings. The van der Waals surface area contributed by atoms with E-state index in [0.717, 1.165) is 38.8 Å². The van der Waals surface area contributed by atoms with Crippen LogP contribution in [0.2, 0.25) is 0 Å². The number of aryl methyl sites for hydroxylation is 2. The Morgan fingerprint density at radius 3 is 2.22 bits per heavy atom. The highest BCUT2D eigenvalue weighted by Crippen LogP contribution is 2.44. The number of nitrogens with zero attached hydrogens (tertiary/aromatic N) is 4.